The number of methoxy groups -OCH3 is 1. The minimum Gasteiger partial charge on any atom is -0.497 e. The van der Waals surface area contributed by atoms with E-state index in [1.807, 2.05) is 30.3 Å². The summed E-state index contributed by atoms with van der Waals surface area (Å²) in [5, 5.41) is 6.61. The van der Waals surface area contributed by atoms with Gasteiger partial charge in [0.15, 0.2) is 0 Å². The largest absolute Gasteiger partial charge is 0.497 e. The Morgan fingerprint density at radius 2 is 2.00 bits per heavy atom. The topological polar surface area (TPSA) is 67.4 Å². The van der Waals surface area contributed by atoms with Crippen molar-refractivity contribution >= 4 is 29.1 Å². The Kier molecular flexibility index (Phi) is 4.56. The van der Waals surface area contributed by atoms with Crippen LogP contribution in [0, 0.1) is 0 Å². The number of nitrogens with one attached hydrogen (secondary N) is 2. The van der Waals surface area contributed by atoms with Gasteiger partial charge in [-0.3, -0.25) is 9.59 Å². The second-order valence-electron chi connectivity index (χ2n) is 7.26. The van der Waals surface area contributed by atoms with Crippen molar-refractivity contribution in [1.29, 1.82) is 0 Å². The lowest BCUT2D eigenvalue weighted by atomic mass is 9.89. The van der Waals surface area contributed by atoms with Crippen LogP contribution in [0.5, 0.6) is 5.75 Å². The molecule has 0 spiro atoms. The maximum atomic E-state index is 12.9. The average molecular weight is 385 g/mol. The monoisotopic (exact) mass is 384 g/mol. The minimum absolute atomic E-state index is 0.0195. The van der Waals surface area contributed by atoms with Crippen molar-refractivity contribution in [3.8, 4) is 5.75 Å². The summed E-state index contributed by atoms with van der Waals surface area (Å²) in [6.07, 6.45) is 2.20. The van der Waals surface area contributed by atoms with Gasteiger partial charge in [0.05, 0.1) is 13.0 Å². The Morgan fingerprint density at radius 3 is 2.67 bits per heavy atom. The van der Waals surface area contributed by atoms with Gasteiger partial charge in [0.2, 0.25) is 11.8 Å². The third-order valence-corrected chi connectivity index (χ3v) is 5.78. The highest BCUT2D eigenvalue weighted by Crippen LogP contribution is 2.48. The van der Waals surface area contributed by atoms with Crippen molar-refractivity contribution in [1.82, 2.24) is 5.32 Å². The molecule has 2 aliphatic rings. The van der Waals surface area contributed by atoms with Crippen LogP contribution in [0.25, 0.3) is 0 Å². The second-order valence-corrected chi connectivity index (χ2v) is 7.70. The van der Waals surface area contributed by atoms with Crippen molar-refractivity contribution in [3.05, 3.63) is 58.6 Å². The number of fused-ring (bicyclic) bond motifs is 1. The fraction of sp³-hybridized carbons (Fsp3) is 0.333. The summed E-state index contributed by atoms with van der Waals surface area (Å²) in [6, 6.07) is 13.2. The minimum atomic E-state index is -0.509. The highest BCUT2D eigenvalue weighted by Gasteiger charge is 2.45. The summed E-state index contributed by atoms with van der Waals surface area (Å²) in [5.41, 5.74) is 2.64. The van der Waals surface area contributed by atoms with Gasteiger partial charge in [-0.15, -0.1) is 0 Å². The van der Waals surface area contributed by atoms with Crippen LogP contribution in [0.4, 0.5) is 5.69 Å². The predicted molar refractivity (Wildman–Crippen MR) is 104 cm³/mol. The molecular weight excluding hydrogens is 364 g/mol. The molecule has 0 bridgehead atoms. The van der Waals surface area contributed by atoms with Crippen molar-refractivity contribution in [2.75, 3.05) is 19.0 Å². The van der Waals surface area contributed by atoms with Gasteiger partial charge in [-0.25, -0.2) is 0 Å². The molecule has 2 amide bonds. The first kappa shape index (κ1) is 17.9. The van der Waals surface area contributed by atoms with Gasteiger partial charge < -0.3 is 15.4 Å². The number of carbonyl (C=O) groups is 2. The first-order valence-electron chi connectivity index (χ1n) is 9.02. The van der Waals surface area contributed by atoms with Crippen LogP contribution in [-0.2, 0) is 15.0 Å². The molecule has 4 rings (SSSR count). The van der Waals surface area contributed by atoms with E-state index in [2.05, 4.69) is 10.6 Å². The highest BCUT2D eigenvalue weighted by molar-refractivity contribution is 6.30. The van der Waals surface area contributed by atoms with Crippen molar-refractivity contribution in [2.24, 2.45) is 0 Å². The number of hydrogen-bond acceptors (Lipinski definition) is 3. The zero-order chi connectivity index (χ0) is 19.0. The molecule has 5 nitrogen and oxygen atoms in total. The molecule has 140 valence electrons. The van der Waals surface area contributed by atoms with Crippen LogP contribution >= 0.6 is 11.6 Å². The van der Waals surface area contributed by atoms with E-state index in [4.69, 9.17) is 16.3 Å². The van der Waals surface area contributed by atoms with Crippen LogP contribution in [0.1, 0.15) is 36.3 Å². The lowest BCUT2D eigenvalue weighted by Crippen LogP contribution is -2.38. The van der Waals surface area contributed by atoms with Gasteiger partial charge in [0.25, 0.3) is 0 Å². The van der Waals surface area contributed by atoms with Crippen molar-refractivity contribution < 1.29 is 14.3 Å². The summed E-state index contributed by atoms with van der Waals surface area (Å²) < 4.78 is 5.27. The zero-order valence-electron chi connectivity index (χ0n) is 15.0. The molecule has 1 aliphatic carbocycles. The van der Waals surface area contributed by atoms with Gasteiger partial charge in [-0.05, 0) is 54.3 Å². The van der Waals surface area contributed by atoms with E-state index in [9.17, 15) is 9.59 Å². The Balaban J connectivity index is 1.50. The highest BCUT2D eigenvalue weighted by atomic mass is 35.5. The Labute approximate surface area is 163 Å². The Bertz CT molecular complexity index is 891. The van der Waals surface area contributed by atoms with Crippen molar-refractivity contribution in [3.63, 3.8) is 0 Å². The number of rotatable bonds is 5. The molecule has 1 saturated carbocycles. The second kappa shape index (κ2) is 6.89. The molecule has 1 heterocycles. The number of hydrogen-bond donors (Lipinski definition) is 2. The summed E-state index contributed by atoms with van der Waals surface area (Å²) in [4.78, 5) is 24.9. The fourth-order valence-electron chi connectivity index (χ4n) is 3.70. The number of carbonyl (C=O) groups excluding carboxylic acids is 2. The third kappa shape index (κ3) is 3.52. The summed E-state index contributed by atoms with van der Waals surface area (Å²) in [6.45, 7) is 0.560. The van der Waals surface area contributed by atoms with Crippen LogP contribution in [-0.4, -0.2) is 25.5 Å². The van der Waals surface area contributed by atoms with Crippen LogP contribution in [0.15, 0.2) is 42.5 Å². The molecule has 1 aliphatic heterocycles. The van der Waals surface area contributed by atoms with E-state index in [0.29, 0.717) is 23.0 Å². The molecule has 0 saturated heterocycles. The molecule has 0 unspecified atom stereocenters. The van der Waals surface area contributed by atoms with E-state index >= 15 is 0 Å². The van der Waals surface area contributed by atoms with Gasteiger partial charge in [0.1, 0.15) is 5.75 Å². The summed E-state index contributed by atoms with van der Waals surface area (Å²) in [5.74, 6) is -0.112. The number of ether oxygens (including phenoxy) is 1. The summed E-state index contributed by atoms with van der Waals surface area (Å²) in [7, 11) is 1.58. The van der Waals surface area contributed by atoms with E-state index in [-0.39, 0.29) is 23.7 Å². The van der Waals surface area contributed by atoms with Gasteiger partial charge in [-0.2, -0.15) is 0 Å². The van der Waals surface area contributed by atoms with Gasteiger partial charge in [-0.1, -0.05) is 23.7 Å². The smallest absolute Gasteiger partial charge is 0.228 e. The SMILES string of the molecule is COc1ccc2c(c1)[C@H](C(=O)NCC1(c3ccc(Cl)cc3)CC1)CC(=O)N2. The third-order valence-electron chi connectivity index (χ3n) is 5.53. The molecule has 1 fully saturated rings. The van der Waals surface area contributed by atoms with E-state index in [1.54, 1.807) is 19.2 Å². The molecule has 27 heavy (non-hydrogen) atoms. The molecule has 1 atom stereocenters. The molecule has 2 aromatic carbocycles. The van der Waals surface area contributed by atoms with E-state index < -0.39 is 5.92 Å². The molecule has 0 radical (unpaired) electrons. The lowest BCUT2D eigenvalue weighted by molar-refractivity contribution is -0.126. The maximum Gasteiger partial charge on any atom is 0.228 e. The summed E-state index contributed by atoms with van der Waals surface area (Å²) >= 11 is 5.98. The Hall–Kier alpha value is -2.53. The first-order valence-corrected chi connectivity index (χ1v) is 9.40. The van der Waals surface area contributed by atoms with E-state index in [0.717, 1.165) is 18.4 Å². The average Bonchev–Trinajstić information content (AvgIpc) is 3.46. The number of amides is 2. The van der Waals surface area contributed by atoms with E-state index in [1.165, 1.54) is 5.56 Å². The maximum absolute atomic E-state index is 12.9. The lowest BCUT2D eigenvalue weighted by Gasteiger charge is -2.26. The quantitative estimate of drug-likeness (QED) is 0.827. The number of anilines is 1. The van der Waals surface area contributed by atoms with Crippen LogP contribution in [0.3, 0.4) is 0 Å². The van der Waals surface area contributed by atoms with Gasteiger partial charge in [0, 0.05) is 29.1 Å². The molecule has 0 aromatic heterocycles. The van der Waals surface area contributed by atoms with Crippen molar-refractivity contribution in [2.45, 2.75) is 30.6 Å². The standard InChI is InChI=1S/C21H21ClN2O3/c1-27-15-6-7-18-16(10-15)17(11-19(25)24-18)20(26)23-12-21(8-9-21)13-2-4-14(22)5-3-13/h2-7,10,17H,8-9,11-12H2,1H3,(H,23,26)(H,24,25)/t17-/m1/s1. The first-order chi connectivity index (χ1) is 13.0. The molecule has 2 aromatic rings. The number of halogens is 1. The fourth-order valence-corrected chi connectivity index (χ4v) is 3.83. The molecular formula is C21H21ClN2O3. The molecule has 2 N–H and O–H groups in total. The number of benzene rings is 2. The van der Waals surface area contributed by atoms with Gasteiger partial charge >= 0.3 is 0 Å². The normalized spacial score (nSPS) is 19.6. The molecule has 6 heteroatoms. The zero-order valence-corrected chi connectivity index (χ0v) is 15.8. The predicted octanol–water partition coefficient (Wildman–Crippen LogP) is 3.62. The van der Waals surface area contributed by atoms with Crippen LogP contribution in [0.2, 0.25) is 5.02 Å². The van der Waals surface area contributed by atoms with Crippen LogP contribution < -0.4 is 15.4 Å². The Morgan fingerprint density at radius 1 is 1.26 bits per heavy atom.